The molecule has 0 fully saturated rings. The molecule has 0 radical (unpaired) electrons. The lowest BCUT2D eigenvalue weighted by molar-refractivity contribution is -0.131. The number of carboxylic acid groups (broad SMARTS) is 1. The van der Waals surface area contributed by atoms with Gasteiger partial charge in [0, 0.05) is 18.2 Å². The van der Waals surface area contributed by atoms with Crippen LogP contribution < -0.4 is 0 Å². The van der Waals surface area contributed by atoms with Crippen LogP contribution in [0.2, 0.25) is 0 Å². The van der Waals surface area contributed by atoms with E-state index in [1.165, 1.54) is 41.5 Å². The van der Waals surface area contributed by atoms with Crippen LogP contribution in [0.25, 0.3) is 6.08 Å². The Hall–Kier alpha value is -1.73. The van der Waals surface area contributed by atoms with E-state index < -0.39 is 11.8 Å². The van der Waals surface area contributed by atoms with E-state index in [1.54, 1.807) is 6.07 Å². The minimum atomic E-state index is -1.06. The number of thioether (sulfide) groups is 1. The van der Waals surface area contributed by atoms with E-state index in [0.29, 0.717) is 11.3 Å². The summed E-state index contributed by atoms with van der Waals surface area (Å²) in [5.41, 5.74) is 1.41. The van der Waals surface area contributed by atoms with Crippen molar-refractivity contribution in [1.29, 1.82) is 0 Å². The average molecular weight is 324 g/mol. The number of hydrogen-bond donors (Lipinski definition) is 1. The Labute approximate surface area is 129 Å². The average Bonchev–Trinajstić information content (AvgIpc) is 2.92. The summed E-state index contributed by atoms with van der Waals surface area (Å²) in [7, 11) is 0. The van der Waals surface area contributed by atoms with E-state index in [9.17, 15) is 9.18 Å². The van der Waals surface area contributed by atoms with Crippen LogP contribution in [-0.2, 0) is 17.0 Å². The highest BCUT2D eigenvalue weighted by Crippen LogP contribution is 2.27. The molecule has 0 unspecified atom stereocenters. The third kappa shape index (κ3) is 4.64. The lowest BCUT2D eigenvalue weighted by Crippen LogP contribution is -1.91. The number of nitrogens with zero attached hydrogens (tertiary/aromatic N) is 2. The van der Waals surface area contributed by atoms with Crippen LogP contribution in [0.1, 0.15) is 23.9 Å². The van der Waals surface area contributed by atoms with Crippen molar-refractivity contribution < 1.29 is 14.3 Å². The van der Waals surface area contributed by atoms with Gasteiger partial charge in [0.25, 0.3) is 0 Å². The molecule has 1 heterocycles. The molecule has 1 N–H and O–H groups in total. The van der Waals surface area contributed by atoms with Gasteiger partial charge in [0.15, 0.2) is 4.34 Å². The quantitative estimate of drug-likeness (QED) is 0.649. The molecule has 0 spiro atoms. The predicted molar refractivity (Wildman–Crippen MR) is 81.9 cm³/mol. The van der Waals surface area contributed by atoms with Crippen molar-refractivity contribution in [2.45, 2.75) is 23.4 Å². The number of carbonyl (C=O) groups is 1. The highest BCUT2D eigenvalue weighted by Gasteiger charge is 2.07. The highest BCUT2D eigenvalue weighted by atomic mass is 32.2. The Morgan fingerprint density at radius 2 is 2.33 bits per heavy atom. The molecule has 2 rings (SSSR count). The van der Waals surface area contributed by atoms with Gasteiger partial charge in [-0.3, -0.25) is 0 Å². The summed E-state index contributed by atoms with van der Waals surface area (Å²) >= 11 is 2.84. The Bertz CT molecular complexity index is 671. The smallest absolute Gasteiger partial charge is 0.328 e. The SMILES string of the molecule is CCc1nsc(SCc2ccc(F)cc2/C=C/C(=O)O)n1. The number of benzene rings is 1. The second-order valence-electron chi connectivity index (χ2n) is 4.13. The van der Waals surface area contributed by atoms with Crippen LogP contribution in [0.4, 0.5) is 4.39 Å². The minimum absolute atomic E-state index is 0.391. The van der Waals surface area contributed by atoms with E-state index in [0.717, 1.165) is 28.2 Å². The lowest BCUT2D eigenvalue weighted by atomic mass is 10.1. The first-order valence-electron chi connectivity index (χ1n) is 6.23. The molecule has 7 heteroatoms. The maximum Gasteiger partial charge on any atom is 0.328 e. The number of halogens is 1. The zero-order chi connectivity index (χ0) is 15.2. The summed E-state index contributed by atoms with van der Waals surface area (Å²) in [5, 5.41) is 8.67. The molecule has 0 bridgehead atoms. The summed E-state index contributed by atoms with van der Waals surface area (Å²) in [5.74, 6) is -0.0575. The molecule has 110 valence electrons. The molecule has 0 aliphatic rings. The van der Waals surface area contributed by atoms with E-state index in [2.05, 4.69) is 9.36 Å². The molecule has 0 aliphatic heterocycles. The fourth-order valence-electron chi connectivity index (χ4n) is 1.59. The van der Waals surface area contributed by atoms with Gasteiger partial charge in [-0.25, -0.2) is 14.2 Å². The Balaban J connectivity index is 2.13. The predicted octanol–water partition coefficient (Wildman–Crippen LogP) is 3.63. The van der Waals surface area contributed by atoms with Gasteiger partial charge in [-0.1, -0.05) is 24.8 Å². The van der Waals surface area contributed by atoms with Crippen molar-refractivity contribution in [3.8, 4) is 0 Å². The zero-order valence-electron chi connectivity index (χ0n) is 11.2. The third-order valence-corrected chi connectivity index (χ3v) is 4.55. The standard InChI is InChI=1S/C14H13FN2O2S2/c1-2-12-16-14(21-17-12)20-8-10-3-5-11(15)7-9(10)4-6-13(18)19/h3-7H,2,8H2,1H3,(H,18,19)/b6-4+. The van der Waals surface area contributed by atoms with Crippen molar-refractivity contribution in [2.24, 2.45) is 0 Å². The van der Waals surface area contributed by atoms with Gasteiger partial charge in [0.1, 0.15) is 11.6 Å². The first-order valence-corrected chi connectivity index (χ1v) is 7.99. The molecule has 0 amide bonds. The summed E-state index contributed by atoms with van der Waals surface area (Å²) in [6.45, 7) is 1.99. The van der Waals surface area contributed by atoms with Gasteiger partial charge >= 0.3 is 5.97 Å². The van der Waals surface area contributed by atoms with Crippen LogP contribution in [0, 0.1) is 5.82 Å². The molecule has 1 aromatic heterocycles. The maximum atomic E-state index is 13.3. The van der Waals surface area contributed by atoms with E-state index >= 15 is 0 Å². The maximum absolute atomic E-state index is 13.3. The van der Waals surface area contributed by atoms with Gasteiger partial charge in [-0.2, -0.15) is 4.37 Å². The molecule has 0 aliphatic carbocycles. The van der Waals surface area contributed by atoms with Crippen LogP contribution in [0.5, 0.6) is 0 Å². The topological polar surface area (TPSA) is 63.1 Å². The van der Waals surface area contributed by atoms with E-state index in [-0.39, 0.29) is 0 Å². The van der Waals surface area contributed by atoms with Crippen LogP contribution in [0.15, 0.2) is 28.6 Å². The van der Waals surface area contributed by atoms with Gasteiger partial charge in [-0.05, 0) is 40.9 Å². The van der Waals surface area contributed by atoms with Crippen molar-refractivity contribution in [3.63, 3.8) is 0 Å². The van der Waals surface area contributed by atoms with Gasteiger partial charge in [0.2, 0.25) is 0 Å². The van der Waals surface area contributed by atoms with E-state index in [4.69, 9.17) is 5.11 Å². The number of rotatable bonds is 6. The van der Waals surface area contributed by atoms with Gasteiger partial charge in [-0.15, -0.1) is 0 Å². The Kier molecular flexibility index (Phi) is 5.46. The van der Waals surface area contributed by atoms with Gasteiger partial charge < -0.3 is 5.11 Å². The summed E-state index contributed by atoms with van der Waals surface area (Å²) in [4.78, 5) is 14.9. The molecule has 0 saturated heterocycles. The number of aliphatic carboxylic acids is 1. The van der Waals surface area contributed by atoms with Gasteiger partial charge in [0.05, 0.1) is 0 Å². The third-order valence-electron chi connectivity index (χ3n) is 2.63. The molecule has 0 saturated carbocycles. The number of aryl methyl sites for hydroxylation is 1. The Morgan fingerprint density at radius 1 is 1.52 bits per heavy atom. The summed E-state index contributed by atoms with van der Waals surface area (Å²) < 4.78 is 18.3. The normalized spacial score (nSPS) is 11.1. The second kappa shape index (κ2) is 7.33. The van der Waals surface area contributed by atoms with Crippen molar-refractivity contribution in [3.05, 3.63) is 47.0 Å². The number of aromatic nitrogens is 2. The minimum Gasteiger partial charge on any atom is -0.478 e. The second-order valence-corrected chi connectivity index (χ2v) is 6.11. The fourth-order valence-corrected chi connectivity index (χ4v) is 3.30. The monoisotopic (exact) mass is 324 g/mol. The molecule has 21 heavy (non-hydrogen) atoms. The van der Waals surface area contributed by atoms with E-state index in [1.807, 2.05) is 6.92 Å². The molecule has 2 aromatic rings. The largest absolute Gasteiger partial charge is 0.478 e. The molecular formula is C14H13FN2O2S2. The zero-order valence-corrected chi connectivity index (χ0v) is 12.9. The molecule has 0 atom stereocenters. The summed E-state index contributed by atoms with van der Waals surface area (Å²) in [6.07, 6.45) is 3.20. The molecule has 1 aromatic carbocycles. The lowest BCUT2D eigenvalue weighted by Gasteiger charge is -2.04. The van der Waals surface area contributed by atoms with Crippen molar-refractivity contribution in [1.82, 2.24) is 9.36 Å². The first-order chi connectivity index (χ1) is 10.1. The van der Waals surface area contributed by atoms with Crippen LogP contribution in [0.3, 0.4) is 0 Å². The number of carboxylic acids is 1. The highest BCUT2D eigenvalue weighted by molar-refractivity contribution is 8.00. The number of hydrogen-bond acceptors (Lipinski definition) is 5. The van der Waals surface area contributed by atoms with Crippen LogP contribution in [-0.4, -0.2) is 20.4 Å². The Morgan fingerprint density at radius 3 is 3.00 bits per heavy atom. The summed E-state index contributed by atoms with van der Waals surface area (Å²) in [6, 6.07) is 4.35. The van der Waals surface area contributed by atoms with Crippen LogP contribution >= 0.6 is 23.3 Å². The fraction of sp³-hybridized carbons (Fsp3) is 0.214. The molecular weight excluding hydrogens is 311 g/mol. The van der Waals surface area contributed by atoms with Crippen molar-refractivity contribution in [2.75, 3.05) is 0 Å². The molecule has 4 nitrogen and oxygen atoms in total. The van der Waals surface area contributed by atoms with Crippen molar-refractivity contribution >= 4 is 35.3 Å². The first kappa shape index (κ1) is 15.7.